The lowest BCUT2D eigenvalue weighted by Gasteiger charge is -2.52. The van der Waals surface area contributed by atoms with Crippen molar-refractivity contribution in [2.75, 3.05) is 27.2 Å². The van der Waals surface area contributed by atoms with Gasteiger partial charge in [0.15, 0.2) is 0 Å². The molecule has 1 aromatic carbocycles. The Kier molecular flexibility index (Phi) is 5.28. The fourth-order valence-electron chi connectivity index (χ4n) is 7.09. The van der Waals surface area contributed by atoms with Crippen LogP contribution in [0.25, 0.3) is 0 Å². The fraction of sp³-hybridized carbons (Fsp3) is 0.750. The summed E-state index contributed by atoms with van der Waals surface area (Å²) in [6, 6.07) is 6.77. The van der Waals surface area contributed by atoms with Crippen molar-refractivity contribution in [1.29, 1.82) is 0 Å². The number of phenols is 1. The molecular formula is C24H38N2O. The predicted octanol–water partition coefficient (Wildman–Crippen LogP) is 4.40. The normalized spacial score (nSPS) is 36.2. The maximum atomic E-state index is 9.87. The first-order chi connectivity index (χ1) is 12.9. The largest absolute Gasteiger partial charge is 0.508 e. The maximum Gasteiger partial charge on any atom is 0.115 e. The third-order valence-corrected chi connectivity index (χ3v) is 8.41. The molecule has 150 valence electrons. The zero-order chi connectivity index (χ0) is 19.2. The molecule has 0 amide bonds. The number of aryl methyl sites for hydroxylation is 1. The van der Waals surface area contributed by atoms with Crippen LogP contribution >= 0.6 is 0 Å². The zero-order valence-electron chi connectivity index (χ0n) is 17.7. The van der Waals surface area contributed by atoms with E-state index in [1.54, 1.807) is 5.56 Å². The van der Waals surface area contributed by atoms with Crippen LogP contribution in [0.4, 0.5) is 0 Å². The van der Waals surface area contributed by atoms with Gasteiger partial charge in [0.1, 0.15) is 5.75 Å². The maximum absolute atomic E-state index is 9.87. The number of phenolic OH excluding ortho intramolecular Hbond substituents is 1. The highest BCUT2D eigenvalue weighted by Gasteiger charge is 2.55. The number of nitrogens with one attached hydrogen (secondary N) is 1. The second-order valence-corrected chi connectivity index (χ2v) is 10.1. The molecule has 0 aromatic heterocycles. The molecule has 0 aliphatic heterocycles. The molecule has 6 atom stereocenters. The summed E-state index contributed by atoms with van der Waals surface area (Å²) >= 11 is 0. The van der Waals surface area contributed by atoms with Gasteiger partial charge in [0.25, 0.3) is 0 Å². The first-order valence-corrected chi connectivity index (χ1v) is 11.1. The standard InChI is InChI=1S/C24H38N2O/c1-16(25-13-14-26(3)4)22-9-10-23-21-7-5-17-15-18(27)6-8-19(17)20(21)11-12-24(22,23)2/h6,8,15-16,20-23,25,27H,5,7,9-14H2,1-4H3/t16-,20+,21+,22-,23+,24-/m1/s1. The monoisotopic (exact) mass is 370 g/mol. The summed E-state index contributed by atoms with van der Waals surface area (Å²) in [5.41, 5.74) is 3.46. The number of nitrogens with zero attached hydrogens (tertiary/aromatic N) is 1. The Hall–Kier alpha value is -1.06. The Balaban J connectivity index is 1.49. The molecule has 3 nitrogen and oxygen atoms in total. The van der Waals surface area contributed by atoms with Gasteiger partial charge in [0.05, 0.1) is 0 Å². The van der Waals surface area contributed by atoms with Gasteiger partial charge in [-0.05, 0) is 112 Å². The quantitative estimate of drug-likeness (QED) is 0.806. The van der Waals surface area contributed by atoms with Crippen LogP contribution in [0.2, 0.25) is 0 Å². The molecule has 4 rings (SSSR count). The summed E-state index contributed by atoms with van der Waals surface area (Å²) < 4.78 is 0. The molecular weight excluding hydrogens is 332 g/mol. The fourth-order valence-corrected chi connectivity index (χ4v) is 7.09. The van der Waals surface area contributed by atoms with Crippen LogP contribution in [0.1, 0.15) is 63.0 Å². The minimum atomic E-state index is 0.436. The SMILES string of the molecule is C[C@@H](NCCN(C)C)[C@H]1CC[C@H]2[C@H]3CCc4cc(O)ccc4[C@@H]3CC[C@]12C. The van der Waals surface area contributed by atoms with Crippen molar-refractivity contribution >= 4 is 0 Å². The number of rotatable bonds is 5. The van der Waals surface area contributed by atoms with Gasteiger partial charge in [-0.1, -0.05) is 13.0 Å². The molecule has 2 fully saturated rings. The van der Waals surface area contributed by atoms with Gasteiger partial charge in [0, 0.05) is 19.1 Å². The second kappa shape index (κ2) is 7.40. The van der Waals surface area contributed by atoms with E-state index in [9.17, 15) is 5.11 Å². The van der Waals surface area contributed by atoms with E-state index in [0.29, 0.717) is 17.2 Å². The molecule has 1 aromatic rings. The van der Waals surface area contributed by atoms with Crippen molar-refractivity contribution in [3.63, 3.8) is 0 Å². The van der Waals surface area contributed by atoms with Crippen LogP contribution in [0.5, 0.6) is 5.75 Å². The summed E-state index contributed by atoms with van der Waals surface area (Å²) in [5, 5.41) is 13.7. The van der Waals surface area contributed by atoms with Crippen molar-refractivity contribution in [3.8, 4) is 5.75 Å². The van der Waals surface area contributed by atoms with E-state index in [1.165, 1.54) is 37.7 Å². The second-order valence-electron chi connectivity index (χ2n) is 10.1. The molecule has 2 N–H and O–H groups in total. The van der Waals surface area contributed by atoms with Crippen LogP contribution in [-0.2, 0) is 6.42 Å². The third kappa shape index (κ3) is 3.42. The summed E-state index contributed by atoms with van der Waals surface area (Å²) in [7, 11) is 4.31. The van der Waals surface area contributed by atoms with E-state index >= 15 is 0 Å². The highest BCUT2D eigenvalue weighted by Crippen LogP contribution is 2.63. The topological polar surface area (TPSA) is 35.5 Å². The Morgan fingerprint density at radius 3 is 2.81 bits per heavy atom. The number of hydrogen-bond donors (Lipinski definition) is 2. The Labute approximate surface area is 165 Å². The number of hydrogen-bond acceptors (Lipinski definition) is 3. The lowest BCUT2D eigenvalue weighted by atomic mass is 9.53. The third-order valence-electron chi connectivity index (χ3n) is 8.41. The highest BCUT2D eigenvalue weighted by atomic mass is 16.3. The number of benzene rings is 1. The van der Waals surface area contributed by atoms with Crippen molar-refractivity contribution in [3.05, 3.63) is 29.3 Å². The molecule has 0 spiro atoms. The minimum Gasteiger partial charge on any atom is -0.508 e. The van der Waals surface area contributed by atoms with Gasteiger partial charge < -0.3 is 15.3 Å². The van der Waals surface area contributed by atoms with E-state index < -0.39 is 0 Å². The number of aromatic hydroxyl groups is 1. The van der Waals surface area contributed by atoms with Gasteiger partial charge >= 0.3 is 0 Å². The van der Waals surface area contributed by atoms with Crippen molar-refractivity contribution in [1.82, 2.24) is 10.2 Å². The van der Waals surface area contributed by atoms with E-state index in [2.05, 4.69) is 44.2 Å². The summed E-state index contributed by atoms with van der Waals surface area (Å²) in [6.07, 6.45) is 7.97. The first-order valence-electron chi connectivity index (χ1n) is 11.1. The molecule has 0 unspecified atom stereocenters. The molecule has 3 aliphatic carbocycles. The van der Waals surface area contributed by atoms with E-state index in [4.69, 9.17) is 0 Å². The average molecular weight is 371 g/mol. The zero-order valence-corrected chi connectivity index (χ0v) is 17.7. The minimum absolute atomic E-state index is 0.436. The van der Waals surface area contributed by atoms with Crippen LogP contribution in [0.15, 0.2) is 18.2 Å². The Bertz CT molecular complexity index is 672. The van der Waals surface area contributed by atoms with Crippen molar-refractivity contribution in [2.24, 2.45) is 23.2 Å². The van der Waals surface area contributed by atoms with Crippen LogP contribution in [0, 0.1) is 23.2 Å². The highest BCUT2D eigenvalue weighted by molar-refractivity contribution is 5.40. The average Bonchev–Trinajstić information content (AvgIpc) is 2.98. The van der Waals surface area contributed by atoms with Gasteiger partial charge in [-0.2, -0.15) is 0 Å². The molecule has 0 radical (unpaired) electrons. The first kappa shape index (κ1) is 19.3. The van der Waals surface area contributed by atoms with Gasteiger partial charge in [-0.15, -0.1) is 0 Å². The predicted molar refractivity (Wildman–Crippen MR) is 112 cm³/mol. The molecule has 0 bridgehead atoms. The number of likely N-dealkylation sites (N-methyl/N-ethyl adjacent to an activating group) is 1. The number of fused-ring (bicyclic) bond motifs is 5. The van der Waals surface area contributed by atoms with Crippen molar-refractivity contribution in [2.45, 2.75) is 64.3 Å². The van der Waals surface area contributed by atoms with Crippen LogP contribution in [0.3, 0.4) is 0 Å². The summed E-state index contributed by atoms with van der Waals surface area (Å²) in [4.78, 5) is 2.27. The molecule has 3 aliphatic rings. The summed E-state index contributed by atoms with van der Waals surface area (Å²) in [5.74, 6) is 3.70. The molecule has 27 heavy (non-hydrogen) atoms. The van der Waals surface area contributed by atoms with E-state index in [0.717, 1.165) is 43.2 Å². The van der Waals surface area contributed by atoms with Gasteiger partial charge in [-0.3, -0.25) is 0 Å². The molecule has 0 heterocycles. The van der Waals surface area contributed by atoms with E-state index in [1.807, 2.05) is 12.1 Å². The lowest BCUT2D eigenvalue weighted by molar-refractivity contribution is 0.0181. The molecule has 3 heteroatoms. The smallest absolute Gasteiger partial charge is 0.115 e. The Morgan fingerprint density at radius 1 is 1.22 bits per heavy atom. The molecule has 2 saturated carbocycles. The van der Waals surface area contributed by atoms with Gasteiger partial charge in [0.2, 0.25) is 0 Å². The molecule has 0 saturated heterocycles. The Morgan fingerprint density at radius 2 is 2.04 bits per heavy atom. The van der Waals surface area contributed by atoms with Crippen LogP contribution < -0.4 is 5.32 Å². The summed E-state index contributed by atoms with van der Waals surface area (Å²) in [6.45, 7) is 7.25. The lowest BCUT2D eigenvalue weighted by Crippen LogP contribution is -2.48. The van der Waals surface area contributed by atoms with Gasteiger partial charge in [-0.25, -0.2) is 0 Å². The van der Waals surface area contributed by atoms with E-state index in [-0.39, 0.29) is 0 Å². The van der Waals surface area contributed by atoms with Crippen molar-refractivity contribution < 1.29 is 5.11 Å². The van der Waals surface area contributed by atoms with Crippen LogP contribution in [-0.4, -0.2) is 43.2 Å².